The van der Waals surface area contributed by atoms with Gasteiger partial charge in [0.1, 0.15) is 30.0 Å². The topological polar surface area (TPSA) is 81.9 Å². The first-order chi connectivity index (χ1) is 11.9. The molecular formula is C16H12F3N5O. The summed E-state index contributed by atoms with van der Waals surface area (Å²) in [6, 6.07) is 7.48. The molecule has 9 heteroatoms. The zero-order valence-electron chi connectivity index (χ0n) is 12.8. The molecule has 0 radical (unpaired) electrons. The average Bonchev–Trinajstić information content (AvgIpc) is 2.95. The fourth-order valence-electron chi connectivity index (χ4n) is 2.68. The van der Waals surface area contributed by atoms with Crippen LogP contribution in [0.2, 0.25) is 0 Å². The van der Waals surface area contributed by atoms with Crippen molar-refractivity contribution in [2.24, 2.45) is 0 Å². The van der Waals surface area contributed by atoms with Gasteiger partial charge in [-0.25, -0.2) is 9.97 Å². The van der Waals surface area contributed by atoms with Gasteiger partial charge in [0.2, 0.25) is 5.91 Å². The first kappa shape index (κ1) is 16.7. The fraction of sp³-hybridized carbons (Fsp3) is 0.250. The van der Waals surface area contributed by atoms with Crippen LogP contribution in [-0.2, 0) is 11.0 Å². The second-order valence-electron chi connectivity index (χ2n) is 5.39. The number of alkyl halides is 3. The zero-order chi connectivity index (χ0) is 18.0. The third-order valence-corrected chi connectivity index (χ3v) is 3.81. The molecule has 1 atom stereocenters. The minimum Gasteiger partial charge on any atom is -0.358 e. The molecule has 0 unspecified atom stereocenters. The summed E-state index contributed by atoms with van der Waals surface area (Å²) < 4.78 is 39.5. The van der Waals surface area contributed by atoms with Gasteiger partial charge in [0.25, 0.3) is 0 Å². The Bertz CT molecular complexity index is 846. The van der Waals surface area contributed by atoms with Crippen molar-refractivity contribution in [2.75, 3.05) is 16.8 Å². The van der Waals surface area contributed by atoms with Crippen LogP contribution in [0.3, 0.4) is 0 Å². The minimum absolute atomic E-state index is 0.127. The average molecular weight is 347 g/mol. The Morgan fingerprint density at radius 2 is 2.04 bits per heavy atom. The number of nitriles is 1. The van der Waals surface area contributed by atoms with E-state index in [1.54, 1.807) is 0 Å². The Kier molecular flexibility index (Phi) is 4.27. The summed E-state index contributed by atoms with van der Waals surface area (Å²) in [5.41, 5.74) is -0.885. The lowest BCUT2D eigenvalue weighted by Crippen LogP contribution is -2.34. The van der Waals surface area contributed by atoms with E-state index in [2.05, 4.69) is 15.3 Å². The molecule has 1 amide bonds. The van der Waals surface area contributed by atoms with Gasteiger partial charge in [-0.15, -0.1) is 0 Å². The molecule has 1 aromatic carbocycles. The molecule has 1 saturated heterocycles. The molecule has 0 saturated carbocycles. The lowest BCUT2D eigenvalue weighted by molar-refractivity contribution is -0.137. The molecule has 1 N–H and O–H groups in total. The van der Waals surface area contributed by atoms with Crippen LogP contribution >= 0.6 is 0 Å². The summed E-state index contributed by atoms with van der Waals surface area (Å²) in [4.78, 5) is 21.3. The van der Waals surface area contributed by atoms with Gasteiger partial charge in [-0.3, -0.25) is 4.79 Å². The van der Waals surface area contributed by atoms with Crippen molar-refractivity contribution in [3.63, 3.8) is 0 Å². The van der Waals surface area contributed by atoms with Crippen molar-refractivity contribution >= 4 is 17.4 Å². The summed E-state index contributed by atoms with van der Waals surface area (Å²) in [6.45, 7) is 0.153. The molecule has 1 aliphatic rings. The number of amides is 1. The Hall–Kier alpha value is -3.15. The van der Waals surface area contributed by atoms with E-state index < -0.39 is 23.7 Å². The molecule has 0 spiro atoms. The van der Waals surface area contributed by atoms with E-state index in [4.69, 9.17) is 5.26 Å². The van der Waals surface area contributed by atoms with E-state index in [1.165, 1.54) is 30.6 Å². The summed E-state index contributed by atoms with van der Waals surface area (Å²) >= 11 is 0. The summed E-state index contributed by atoms with van der Waals surface area (Å²) in [6.07, 6.45) is -3.05. The molecule has 1 aromatic heterocycles. The number of rotatable bonds is 3. The molecule has 25 heavy (non-hydrogen) atoms. The van der Waals surface area contributed by atoms with E-state index in [0.717, 1.165) is 11.0 Å². The Labute approximate surface area is 140 Å². The molecule has 2 heterocycles. The van der Waals surface area contributed by atoms with Gasteiger partial charge < -0.3 is 10.2 Å². The standard InChI is InChI=1S/C16H12F3N5O/c17-16(18,19)11-3-1-2-4-13(11)24-6-5-12(15(24)25)23-14-7-10(8-20)21-9-22-14/h1-4,7,9,12H,5-6H2,(H,21,22,23)/t12-/m1/s1. The molecule has 6 nitrogen and oxygen atoms in total. The van der Waals surface area contributed by atoms with Gasteiger partial charge in [0, 0.05) is 12.6 Å². The highest BCUT2D eigenvalue weighted by molar-refractivity contribution is 6.01. The quantitative estimate of drug-likeness (QED) is 0.923. The Morgan fingerprint density at radius 1 is 1.28 bits per heavy atom. The minimum atomic E-state index is -4.54. The van der Waals surface area contributed by atoms with Crippen LogP contribution in [0.4, 0.5) is 24.7 Å². The van der Waals surface area contributed by atoms with Crippen LogP contribution in [-0.4, -0.2) is 28.5 Å². The lowest BCUT2D eigenvalue weighted by atomic mass is 10.1. The van der Waals surface area contributed by atoms with E-state index in [9.17, 15) is 18.0 Å². The number of hydrogen-bond acceptors (Lipinski definition) is 5. The maximum Gasteiger partial charge on any atom is 0.418 e. The van der Waals surface area contributed by atoms with E-state index >= 15 is 0 Å². The predicted molar refractivity (Wildman–Crippen MR) is 82.6 cm³/mol. The first-order valence-electron chi connectivity index (χ1n) is 7.36. The normalized spacial score (nSPS) is 17.4. The molecule has 2 aromatic rings. The summed E-state index contributed by atoms with van der Waals surface area (Å²) in [5.74, 6) is -0.204. The lowest BCUT2D eigenvalue weighted by Gasteiger charge is -2.21. The van der Waals surface area contributed by atoms with E-state index in [1.807, 2.05) is 6.07 Å². The van der Waals surface area contributed by atoms with Gasteiger partial charge in [0.15, 0.2) is 0 Å². The smallest absolute Gasteiger partial charge is 0.358 e. The number of halogens is 3. The first-order valence-corrected chi connectivity index (χ1v) is 7.36. The Morgan fingerprint density at radius 3 is 2.76 bits per heavy atom. The summed E-state index contributed by atoms with van der Waals surface area (Å²) in [7, 11) is 0. The number of para-hydroxylation sites is 1. The molecule has 0 aliphatic carbocycles. The number of anilines is 2. The monoisotopic (exact) mass is 347 g/mol. The molecule has 1 aliphatic heterocycles. The van der Waals surface area contributed by atoms with Crippen LogP contribution in [0.5, 0.6) is 0 Å². The largest absolute Gasteiger partial charge is 0.418 e. The SMILES string of the molecule is N#Cc1cc(N[C@@H]2CCN(c3ccccc3C(F)(F)F)C2=O)ncn1. The van der Waals surface area contributed by atoms with Crippen LogP contribution in [0.25, 0.3) is 0 Å². The van der Waals surface area contributed by atoms with Crippen molar-refractivity contribution < 1.29 is 18.0 Å². The van der Waals surface area contributed by atoms with Crippen molar-refractivity contribution in [3.8, 4) is 6.07 Å². The van der Waals surface area contributed by atoms with E-state index in [0.29, 0.717) is 6.42 Å². The molecular weight excluding hydrogens is 335 g/mol. The zero-order valence-corrected chi connectivity index (χ0v) is 12.8. The molecule has 128 valence electrons. The Balaban J connectivity index is 1.82. The maximum absolute atomic E-state index is 13.2. The maximum atomic E-state index is 13.2. The van der Waals surface area contributed by atoms with Gasteiger partial charge in [-0.2, -0.15) is 18.4 Å². The molecule has 1 fully saturated rings. The number of carbonyl (C=O) groups is 1. The van der Waals surface area contributed by atoms with Crippen molar-refractivity contribution in [1.82, 2.24) is 9.97 Å². The highest BCUT2D eigenvalue weighted by atomic mass is 19.4. The number of nitrogens with zero attached hydrogens (tertiary/aromatic N) is 4. The predicted octanol–water partition coefficient (Wildman–Crippen LogP) is 2.58. The summed E-state index contributed by atoms with van der Waals surface area (Å²) in [5, 5.41) is 11.7. The van der Waals surface area contributed by atoms with Crippen molar-refractivity contribution in [3.05, 3.63) is 47.9 Å². The van der Waals surface area contributed by atoms with Gasteiger partial charge in [-0.1, -0.05) is 12.1 Å². The highest BCUT2D eigenvalue weighted by Gasteiger charge is 2.39. The number of carbonyl (C=O) groups excluding carboxylic acids is 1. The van der Waals surface area contributed by atoms with E-state index in [-0.39, 0.29) is 23.7 Å². The third kappa shape index (κ3) is 3.38. The van der Waals surface area contributed by atoms with Gasteiger partial charge in [0.05, 0.1) is 11.3 Å². The number of benzene rings is 1. The van der Waals surface area contributed by atoms with Crippen LogP contribution in [0, 0.1) is 11.3 Å². The second-order valence-corrected chi connectivity index (χ2v) is 5.39. The van der Waals surface area contributed by atoms with Gasteiger partial charge >= 0.3 is 6.18 Å². The number of nitrogens with one attached hydrogen (secondary N) is 1. The fourth-order valence-corrected chi connectivity index (χ4v) is 2.68. The third-order valence-electron chi connectivity index (χ3n) is 3.81. The van der Waals surface area contributed by atoms with Crippen LogP contribution in [0.1, 0.15) is 17.7 Å². The van der Waals surface area contributed by atoms with Crippen molar-refractivity contribution in [1.29, 1.82) is 5.26 Å². The molecule has 0 bridgehead atoms. The number of hydrogen-bond donors (Lipinski definition) is 1. The number of aromatic nitrogens is 2. The second kappa shape index (κ2) is 6.39. The van der Waals surface area contributed by atoms with Crippen molar-refractivity contribution in [2.45, 2.75) is 18.6 Å². The highest BCUT2D eigenvalue weighted by Crippen LogP contribution is 2.38. The molecule has 3 rings (SSSR count). The van der Waals surface area contributed by atoms with Crippen LogP contribution < -0.4 is 10.2 Å². The van der Waals surface area contributed by atoms with Gasteiger partial charge in [-0.05, 0) is 18.6 Å². The van der Waals surface area contributed by atoms with Crippen LogP contribution in [0.15, 0.2) is 36.7 Å².